The van der Waals surface area contributed by atoms with Gasteiger partial charge in [-0.15, -0.1) is 0 Å². The topological polar surface area (TPSA) is 4.93 Å². The Morgan fingerprint density at radius 3 is 2.60 bits per heavy atom. The molecule has 0 saturated carbocycles. The minimum absolute atomic E-state index is 0.0989. The largest absolute Gasteiger partial charge is 0.354 e. The molecule has 1 aromatic rings. The fourth-order valence-corrected chi connectivity index (χ4v) is 0.785. The highest BCUT2D eigenvalue weighted by molar-refractivity contribution is 5.11. The van der Waals surface area contributed by atoms with E-state index in [1.165, 1.54) is 12.3 Å². The molecule has 0 unspecified atom stereocenters. The lowest BCUT2D eigenvalue weighted by atomic mass is 10.4. The minimum Gasteiger partial charge on any atom is -0.354 e. The highest BCUT2D eigenvalue weighted by atomic mass is 19.3. The number of aryl methyl sites for hydroxylation is 1. The van der Waals surface area contributed by atoms with Crippen LogP contribution in [0.5, 0.6) is 0 Å². The van der Waals surface area contributed by atoms with E-state index in [9.17, 15) is 8.78 Å². The number of alkyl halides is 2. The van der Waals surface area contributed by atoms with E-state index in [-0.39, 0.29) is 5.56 Å². The summed E-state index contributed by atoms with van der Waals surface area (Å²) < 4.78 is 25.5. The van der Waals surface area contributed by atoms with Gasteiger partial charge in [0.15, 0.2) is 0 Å². The van der Waals surface area contributed by atoms with Crippen molar-refractivity contribution in [3.8, 4) is 0 Å². The Kier molecular flexibility index (Phi) is 2.04. The van der Waals surface area contributed by atoms with Gasteiger partial charge < -0.3 is 4.57 Å². The second-order valence-electron chi connectivity index (χ2n) is 2.08. The zero-order chi connectivity index (χ0) is 7.56. The first-order chi connectivity index (χ1) is 4.74. The standard InChI is InChI=1S/C7H9F2N/c1-2-10-4-3-6(5-10)7(8)9/h3-5,7H,2H2,1H3. The molecule has 0 bridgehead atoms. The predicted molar refractivity (Wildman–Crippen MR) is 35.1 cm³/mol. The molecular weight excluding hydrogens is 136 g/mol. The Morgan fingerprint density at radius 2 is 2.30 bits per heavy atom. The number of halogens is 2. The molecule has 56 valence electrons. The molecule has 0 amide bonds. The van der Waals surface area contributed by atoms with Crippen molar-refractivity contribution in [2.24, 2.45) is 0 Å². The Bertz CT molecular complexity index is 205. The molecule has 0 radical (unpaired) electrons. The minimum atomic E-state index is -2.34. The van der Waals surface area contributed by atoms with Crippen molar-refractivity contribution in [3.05, 3.63) is 24.0 Å². The van der Waals surface area contributed by atoms with Crippen LogP contribution in [0.4, 0.5) is 8.78 Å². The Balaban J connectivity index is 2.78. The summed E-state index contributed by atoms with van der Waals surface area (Å²) in [5, 5.41) is 0. The first-order valence-corrected chi connectivity index (χ1v) is 3.18. The van der Waals surface area contributed by atoms with Gasteiger partial charge in [0.25, 0.3) is 6.43 Å². The van der Waals surface area contributed by atoms with Crippen molar-refractivity contribution in [1.82, 2.24) is 4.57 Å². The molecule has 0 fully saturated rings. The fourth-order valence-electron chi connectivity index (χ4n) is 0.785. The van der Waals surface area contributed by atoms with Gasteiger partial charge >= 0.3 is 0 Å². The molecule has 0 saturated heterocycles. The fraction of sp³-hybridized carbons (Fsp3) is 0.429. The van der Waals surface area contributed by atoms with E-state index in [1.54, 1.807) is 10.8 Å². The summed E-state index contributed by atoms with van der Waals surface area (Å²) in [4.78, 5) is 0. The third-order valence-corrected chi connectivity index (χ3v) is 1.39. The first kappa shape index (κ1) is 7.25. The van der Waals surface area contributed by atoms with Crippen molar-refractivity contribution in [2.75, 3.05) is 0 Å². The average molecular weight is 145 g/mol. The summed E-state index contributed by atoms with van der Waals surface area (Å²) in [5.74, 6) is 0. The van der Waals surface area contributed by atoms with Crippen molar-refractivity contribution >= 4 is 0 Å². The molecule has 1 rings (SSSR count). The van der Waals surface area contributed by atoms with Crippen molar-refractivity contribution < 1.29 is 8.78 Å². The number of hydrogen-bond acceptors (Lipinski definition) is 0. The Morgan fingerprint density at radius 1 is 1.60 bits per heavy atom. The molecule has 0 atom stereocenters. The van der Waals surface area contributed by atoms with Crippen LogP contribution in [0.15, 0.2) is 18.5 Å². The van der Waals surface area contributed by atoms with E-state index in [1.807, 2.05) is 6.92 Å². The second kappa shape index (κ2) is 2.82. The van der Waals surface area contributed by atoms with E-state index in [2.05, 4.69) is 0 Å². The van der Waals surface area contributed by atoms with Gasteiger partial charge in [-0.25, -0.2) is 8.78 Å². The number of hydrogen-bond donors (Lipinski definition) is 0. The van der Waals surface area contributed by atoms with Gasteiger partial charge in [-0.2, -0.15) is 0 Å². The maximum absolute atomic E-state index is 11.9. The lowest BCUT2D eigenvalue weighted by Gasteiger charge is -1.93. The van der Waals surface area contributed by atoms with Gasteiger partial charge in [0.1, 0.15) is 0 Å². The van der Waals surface area contributed by atoms with E-state index in [0.717, 1.165) is 6.54 Å². The lowest BCUT2D eigenvalue weighted by molar-refractivity contribution is 0.151. The van der Waals surface area contributed by atoms with Gasteiger partial charge in [-0.1, -0.05) is 0 Å². The summed E-state index contributed by atoms with van der Waals surface area (Å²) in [6.07, 6.45) is 0.777. The quantitative estimate of drug-likeness (QED) is 0.602. The molecule has 0 aliphatic rings. The molecule has 0 N–H and O–H groups in total. The van der Waals surface area contributed by atoms with Crippen LogP contribution in [0.2, 0.25) is 0 Å². The van der Waals surface area contributed by atoms with Crippen LogP contribution in [0.1, 0.15) is 18.9 Å². The van der Waals surface area contributed by atoms with E-state index < -0.39 is 6.43 Å². The molecule has 0 aliphatic heterocycles. The maximum Gasteiger partial charge on any atom is 0.265 e. The van der Waals surface area contributed by atoms with E-state index in [0.29, 0.717) is 0 Å². The van der Waals surface area contributed by atoms with E-state index >= 15 is 0 Å². The third-order valence-electron chi connectivity index (χ3n) is 1.39. The summed E-state index contributed by atoms with van der Waals surface area (Å²) in [6.45, 7) is 2.65. The maximum atomic E-state index is 11.9. The molecule has 0 spiro atoms. The smallest absolute Gasteiger partial charge is 0.265 e. The van der Waals surface area contributed by atoms with Gasteiger partial charge in [-0.3, -0.25) is 0 Å². The zero-order valence-corrected chi connectivity index (χ0v) is 5.72. The molecular formula is C7H9F2N. The summed E-state index contributed by atoms with van der Waals surface area (Å²) in [5.41, 5.74) is 0.0989. The van der Waals surface area contributed by atoms with Gasteiger partial charge in [0.05, 0.1) is 0 Å². The molecule has 3 heteroatoms. The summed E-state index contributed by atoms with van der Waals surface area (Å²) in [6, 6.07) is 1.44. The Hall–Kier alpha value is -0.860. The number of nitrogens with zero attached hydrogens (tertiary/aromatic N) is 1. The SMILES string of the molecule is CCn1ccc(C(F)F)c1. The van der Waals surface area contributed by atoms with Crippen LogP contribution in [0.25, 0.3) is 0 Å². The predicted octanol–water partition coefficient (Wildman–Crippen LogP) is 2.45. The summed E-state index contributed by atoms with van der Waals surface area (Å²) in [7, 11) is 0. The van der Waals surface area contributed by atoms with Crippen LogP contribution in [0.3, 0.4) is 0 Å². The number of aromatic nitrogens is 1. The van der Waals surface area contributed by atoms with Crippen LogP contribution in [-0.4, -0.2) is 4.57 Å². The first-order valence-electron chi connectivity index (χ1n) is 3.18. The van der Waals surface area contributed by atoms with Crippen LogP contribution in [0, 0.1) is 0 Å². The lowest BCUT2D eigenvalue weighted by Crippen LogP contribution is -1.87. The molecule has 1 aromatic heterocycles. The highest BCUT2D eigenvalue weighted by Gasteiger charge is 2.06. The average Bonchev–Trinajstić information content (AvgIpc) is 2.34. The monoisotopic (exact) mass is 145 g/mol. The molecule has 1 heterocycles. The molecule has 0 aliphatic carbocycles. The molecule has 10 heavy (non-hydrogen) atoms. The normalized spacial score (nSPS) is 10.8. The van der Waals surface area contributed by atoms with Gasteiger partial charge in [0, 0.05) is 24.5 Å². The van der Waals surface area contributed by atoms with Gasteiger partial charge in [-0.05, 0) is 13.0 Å². The van der Waals surface area contributed by atoms with Gasteiger partial charge in [0.2, 0.25) is 0 Å². The van der Waals surface area contributed by atoms with Crippen LogP contribution < -0.4 is 0 Å². The summed E-state index contributed by atoms with van der Waals surface area (Å²) >= 11 is 0. The van der Waals surface area contributed by atoms with Crippen molar-refractivity contribution in [3.63, 3.8) is 0 Å². The zero-order valence-electron chi connectivity index (χ0n) is 5.72. The Labute approximate surface area is 58.3 Å². The number of rotatable bonds is 2. The second-order valence-corrected chi connectivity index (χ2v) is 2.08. The molecule has 0 aromatic carbocycles. The van der Waals surface area contributed by atoms with Crippen molar-refractivity contribution in [1.29, 1.82) is 0 Å². The van der Waals surface area contributed by atoms with Crippen LogP contribution >= 0.6 is 0 Å². The van der Waals surface area contributed by atoms with E-state index in [4.69, 9.17) is 0 Å². The molecule has 1 nitrogen and oxygen atoms in total. The van der Waals surface area contributed by atoms with Crippen molar-refractivity contribution in [2.45, 2.75) is 19.9 Å². The van der Waals surface area contributed by atoms with Crippen LogP contribution in [-0.2, 0) is 6.54 Å². The highest BCUT2D eigenvalue weighted by Crippen LogP contribution is 2.17. The third kappa shape index (κ3) is 1.35.